The molecule has 1 saturated carbocycles. The van der Waals surface area contributed by atoms with Gasteiger partial charge in [-0.2, -0.15) is 0 Å². The summed E-state index contributed by atoms with van der Waals surface area (Å²) in [5, 5.41) is 5.53. The molecule has 0 bridgehead atoms. The number of anilines is 1. The summed E-state index contributed by atoms with van der Waals surface area (Å²) < 4.78 is 13.0. The largest absolute Gasteiger partial charge is 0.355 e. The van der Waals surface area contributed by atoms with Crippen LogP contribution in [-0.4, -0.2) is 18.4 Å². The second-order valence-electron chi connectivity index (χ2n) is 5.53. The Morgan fingerprint density at radius 1 is 1.29 bits per heavy atom. The van der Waals surface area contributed by atoms with Crippen LogP contribution in [0.4, 0.5) is 10.1 Å². The highest BCUT2D eigenvalue weighted by Crippen LogP contribution is 2.24. The number of carbonyl (C=O) groups is 2. The maximum atomic E-state index is 13.0. The lowest BCUT2D eigenvalue weighted by Gasteiger charge is -2.11. The number of benzene rings is 1. The third kappa shape index (κ3) is 4.55. The number of halogens is 1. The predicted molar refractivity (Wildman–Crippen MR) is 79.4 cm³/mol. The fourth-order valence-electron chi connectivity index (χ4n) is 2.61. The molecule has 0 atom stereocenters. The van der Waals surface area contributed by atoms with E-state index in [2.05, 4.69) is 10.6 Å². The zero-order valence-corrected chi connectivity index (χ0v) is 12.2. The normalized spacial score (nSPS) is 15.0. The number of rotatable bonds is 5. The van der Waals surface area contributed by atoms with Crippen molar-refractivity contribution in [2.45, 2.75) is 39.0 Å². The molecular formula is C16H21FN2O2. The van der Waals surface area contributed by atoms with Crippen molar-refractivity contribution in [2.24, 2.45) is 5.92 Å². The maximum absolute atomic E-state index is 13.0. The van der Waals surface area contributed by atoms with Crippen LogP contribution in [0, 0.1) is 18.7 Å². The van der Waals surface area contributed by atoms with E-state index in [1.807, 2.05) is 0 Å². The molecule has 0 saturated heterocycles. The van der Waals surface area contributed by atoms with E-state index < -0.39 is 0 Å². The Balaban J connectivity index is 1.73. The van der Waals surface area contributed by atoms with Gasteiger partial charge in [0.2, 0.25) is 11.8 Å². The summed E-state index contributed by atoms with van der Waals surface area (Å²) in [5.41, 5.74) is 1.28. The minimum Gasteiger partial charge on any atom is -0.355 e. The molecule has 2 amide bonds. The summed E-state index contributed by atoms with van der Waals surface area (Å²) in [7, 11) is 0. The SMILES string of the molecule is Cc1cc(F)ccc1NC(=O)CCNC(=O)C1CCCC1. The van der Waals surface area contributed by atoms with Gasteiger partial charge in [0.15, 0.2) is 0 Å². The smallest absolute Gasteiger partial charge is 0.226 e. The van der Waals surface area contributed by atoms with E-state index in [-0.39, 0.29) is 30.0 Å². The van der Waals surface area contributed by atoms with Crippen LogP contribution in [0.2, 0.25) is 0 Å². The molecule has 0 aliphatic heterocycles. The molecule has 0 heterocycles. The van der Waals surface area contributed by atoms with Crippen LogP contribution in [0.25, 0.3) is 0 Å². The summed E-state index contributed by atoms with van der Waals surface area (Å²) in [5.74, 6) is -0.337. The highest BCUT2D eigenvalue weighted by Gasteiger charge is 2.22. The first-order valence-corrected chi connectivity index (χ1v) is 7.40. The number of nitrogens with one attached hydrogen (secondary N) is 2. The van der Waals surface area contributed by atoms with Crippen LogP contribution in [0.5, 0.6) is 0 Å². The van der Waals surface area contributed by atoms with Gasteiger partial charge in [-0.15, -0.1) is 0 Å². The van der Waals surface area contributed by atoms with Crippen LogP contribution in [0.3, 0.4) is 0 Å². The lowest BCUT2D eigenvalue weighted by atomic mass is 10.1. The van der Waals surface area contributed by atoms with E-state index in [4.69, 9.17) is 0 Å². The number of carbonyl (C=O) groups excluding carboxylic acids is 2. The number of amides is 2. The van der Waals surface area contributed by atoms with E-state index in [9.17, 15) is 14.0 Å². The molecule has 0 radical (unpaired) electrons. The van der Waals surface area contributed by atoms with Crippen LogP contribution in [0.15, 0.2) is 18.2 Å². The molecule has 2 rings (SSSR count). The Morgan fingerprint density at radius 2 is 2.00 bits per heavy atom. The second-order valence-corrected chi connectivity index (χ2v) is 5.53. The molecule has 21 heavy (non-hydrogen) atoms. The Hall–Kier alpha value is -1.91. The van der Waals surface area contributed by atoms with Gasteiger partial charge in [-0.05, 0) is 43.5 Å². The molecule has 114 valence electrons. The van der Waals surface area contributed by atoms with Crippen molar-refractivity contribution in [3.63, 3.8) is 0 Å². The van der Waals surface area contributed by atoms with Gasteiger partial charge in [0.25, 0.3) is 0 Å². The van der Waals surface area contributed by atoms with Gasteiger partial charge >= 0.3 is 0 Å². The average molecular weight is 292 g/mol. The molecule has 2 N–H and O–H groups in total. The Bertz CT molecular complexity index is 525. The molecular weight excluding hydrogens is 271 g/mol. The molecule has 1 aromatic carbocycles. The number of hydrogen-bond acceptors (Lipinski definition) is 2. The molecule has 0 spiro atoms. The summed E-state index contributed by atoms with van der Waals surface area (Å²) >= 11 is 0. The van der Waals surface area contributed by atoms with Crippen molar-refractivity contribution in [1.82, 2.24) is 5.32 Å². The fraction of sp³-hybridized carbons (Fsp3) is 0.500. The van der Waals surface area contributed by atoms with Crippen molar-refractivity contribution < 1.29 is 14.0 Å². The molecule has 1 fully saturated rings. The Morgan fingerprint density at radius 3 is 2.67 bits per heavy atom. The third-order valence-corrected chi connectivity index (χ3v) is 3.84. The summed E-state index contributed by atoms with van der Waals surface area (Å²) in [6.07, 6.45) is 4.35. The van der Waals surface area contributed by atoms with Crippen LogP contribution in [-0.2, 0) is 9.59 Å². The van der Waals surface area contributed by atoms with E-state index >= 15 is 0 Å². The first-order valence-electron chi connectivity index (χ1n) is 7.40. The van der Waals surface area contributed by atoms with Crippen molar-refractivity contribution in [2.75, 3.05) is 11.9 Å². The van der Waals surface area contributed by atoms with Gasteiger partial charge in [-0.3, -0.25) is 9.59 Å². The van der Waals surface area contributed by atoms with Crippen molar-refractivity contribution in [1.29, 1.82) is 0 Å². The molecule has 4 nitrogen and oxygen atoms in total. The highest BCUT2D eigenvalue weighted by molar-refractivity contribution is 5.92. The standard InChI is InChI=1S/C16H21FN2O2/c1-11-10-13(17)6-7-14(11)19-15(20)8-9-18-16(21)12-4-2-3-5-12/h6-7,10,12H,2-5,8-9H2,1H3,(H,18,21)(H,19,20). The lowest BCUT2D eigenvalue weighted by molar-refractivity contribution is -0.124. The third-order valence-electron chi connectivity index (χ3n) is 3.84. The van der Waals surface area contributed by atoms with Crippen LogP contribution < -0.4 is 10.6 Å². The second kappa shape index (κ2) is 7.20. The first-order chi connectivity index (χ1) is 10.1. The minimum absolute atomic E-state index is 0.0539. The highest BCUT2D eigenvalue weighted by atomic mass is 19.1. The summed E-state index contributed by atoms with van der Waals surface area (Å²) in [4.78, 5) is 23.6. The number of hydrogen-bond donors (Lipinski definition) is 2. The topological polar surface area (TPSA) is 58.2 Å². The predicted octanol–water partition coefficient (Wildman–Crippen LogP) is 2.77. The van der Waals surface area contributed by atoms with E-state index in [1.54, 1.807) is 13.0 Å². The monoisotopic (exact) mass is 292 g/mol. The molecule has 1 aliphatic carbocycles. The molecule has 1 aliphatic rings. The van der Waals surface area contributed by atoms with Crippen LogP contribution in [0.1, 0.15) is 37.7 Å². The zero-order valence-electron chi connectivity index (χ0n) is 12.2. The fourth-order valence-corrected chi connectivity index (χ4v) is 2.61. The Labute approximate surface area is 124 Å². The van der Waals surface area contributed by atoms with Crippen molar-refractivity contribution in [3.8, 4) is 0 Å². The van der Waals surface area contributed by atoms with E-state index in [0.29, 0.717) is 17.8 Å². The molecule has 0 aromatic heterocycles. The minimum atomic E-state index is -0.325. The number of aryl methyl sites for hydroxylation is 1. The lowest BCUT2D eigenvalue weighted by Crippen LogP contribution is -2.32. The molecule has 5 heteroatoms. The van der Waals surface area contributed by atoms with E-state index in [1.165, 1.54) is 12.1 Å². The average Bonchev–Trinajstić information content (AvgIpc) is 2.96. The van der Waals surface area contributed by atoms with Crippen molar-refractivity contribution in [3.05, 3.63) is 29.6 Å². The zero-order chi connectivity index (χ0) is 15.2. The van der Waals surface area contributed by atoms with Crippen molar-refractivity contribution >= 4 is 17.5 Å². The summed E-state index contributed by atoms with van der Waals surface area (Å²) in [6.45, 7) is 2.07. The van der Waals surface area contributed by atoms with Gasteiger partial charge in [-0.25, -0.2) is 4.39 Å². The van der Waals surface area contributed by atoms with Gasteiger partial charge in [0, 0.05) is 24.6 Å². The first kappa shape index (κ1) is 15.5. The van der Waals surface area contributed by atoms with Gasteiger partial charge in [-0.1, -0.05) is 12.8 Å². The Kier molecular flexibility index (Phi) is 5.31. The van der Waals surface area contributed by atoms with Gasteiger partial charge < -0.3 is 10.6 Å². The van der Waals surface area contributed by atoms with Gasteiger partial charge in [0.05, 0.1) is 0 Å². The molecule has 0 unspecified atom stereocenters. The quantitative estimate of drug-likeness (QED) is 0.876. The van der Waals surface area contributed by atoms with Gasteiger partial charge in [0.1, 0.15) is 5.82 Å². The summed E-state index contributed by atoms with van der Waals surface area (Å²) in [6, 6.07) is 4.22. The maximum Gasteiger partial charge on any atom is 0.226 e. The van der Waals surface area contributed by atoms with E-state index in [0.717, 1.165) is 25.7 Å². The van der Waals surface area contributed by atoms with Crippen LogP contribution >= 0.6 is 0 Å². The molecule has 1 aromatic rings.